The molecule has 0 atom stereocenters. The van der Waals surface area contributed by atoms with Gasteiger partial charge in [-0.25, -0.2) is 9.97 Å². The molecule has 0 radical (unpaired) electrons. The van der Waals surface area contributed by atoms with Gasteiger partial charge in [-0.15, -0.1) is 0 Å². The van der Waals surface area contributed by atoms with Crippen LogP contribution in [-0.4, -0.2) is 35.0 Å². The van der Waals surface area contributed by atoms with Gasteiger partial charge in [-0.05, 0) is 18.2 Å². The van der Waals surface area contributed by atoms with E-state index < -0.39 is 0 Å². The van der Waals surface area contributed by atoms with Crippen LogP contribution in [0.3, 0.4) is 0 Å². The fraction of sp³-hybridized carbons (Fsp3) is 0.231. The molecule has 0 aliphatic rings. The van der Waals surface area contributed by atoms with Crippen molar-refractivity contribution in [2.24, 2.45) is 0 Å². The first-order valence-corrected chi connectivity index (χ1v) is 5.84. The van der Waals surface area contributed by atoms with E-state index in [4.69, 9.17) is 0 Å². The van der Waals surface area contributed by atoms with Crippen molar-refractivity contribution in [1.29, 1.82) is 0 Å². The Morgan fingerprint density at radius 3 is 2.63 bits per heavy atom. The van der Waals surface area contributed by atoms with Crippen LogP contribution in [0.4, 0.5) is 5.95 Å². The lowest BCUT2D eigenvalue weighted by atomic mass is 10.2. The number of amides is 1. The summed E-state index contributed by atoms with van der Waals surface area (Å²) in [5.41, 5.74) is 1.35. The monoisotopic (exact) mass is 257 g/mol. The van der Waals surface area contributed by atoms with Gasteiger partial charge in [-0.3, -0.25) is 9.78 Å². The van der Waals surface area contributed by atoms with Gasteiger partial charge in [-0.2, -0.15) is 0 Å². The zero-order valence-electron chi connectivity index (χ0n) is 10.9. The molecule has 19 heavy (non-hydrogen) atoms. The van der Waals surface area contributed by atoms with Crippen molar-refractivity contribution in [2.45, 2.75) is 6.54 Å². The highest BCUT2D eigenvalue weighted by molar-refractivity contribution is 5.93. The molecule has 1 N–H and O–H groups in total. The van der Waals surface area contributed by atoms with E-state index in [1.807, 2.05) is 19.0 Å². The summed E-state index contributed by atoms with van der Waals surface area (Å²) < 4.78 is 0. The van der Waals surface area contributed by atoms with Gasteiger partial charge < -0.3 is 10.2 Å². The van der Waals surface area contributed by atoms with Crippen molar-refractivity contribution < 1.29 is 4.79 Å². The van der Waals surface area contributed by atoms with Gasteiger partial charge >= 0.3 is 0 Å². The number of aromatic nitrogens is 3. The fourth-order valence-electron chi connectivity index (χ4n) is 1.47. The van der Waals surface area contributed by atoms with Gasteiger partial charge in [0.05, 0.1) is 12.2 Å². The lowest BCUT2D eigenvalue weighted by Crippen LogP contribution is -2.24. The van der Waals surface area contributed by atoms with Gasteiger partial charge in [0, 0.05) is 38.2 Å². The molecular weight excluding hydrogens is 242 g/mol. The maximum atomic E-state index is 11.8. The Hall–Kier alpha value is -2.50. The molecule has 2 heterocycles. The Labute approximate surface area is 111 Å². The minimum atomic E-state index is -0.146. The number of nitrogens with one attached hydrogen (secondary N) is 1. The maximum Gasteiger partial charge on any atom is 0.251 e. The summed E-state index contributed by atoms with van der Waals surface area (Å²) in [4.78, 5) is 26.0. The van der Waals surface area contributed by atoms with Gasteiger partial charge in [0.2, 0.25) is 5.95 Å². The smallest absolute Gasteiger partial charge is 0.251 e. The second kappa shape index (κ2) is 5.90. The predicted octanol–water partition coefficient (Wildman–Crippen LogP) is 0.868. The number of carbonyl (C=O) groups is 1. The number of nitrogens with zero attached hydrogens (tertiary/aromatic N) is 4. The lowest BCUT2D eigenvalue weighted by Gasteiger charge is -2.11. The topological polar surface area (TPSA) is 71.0 Å². The maximum absolute atomic E-state index is 11.8. The SMILES string of the molecule is CN(C)c1nccc(CNC(=O)c2ccncc2)n1. The van der Waals surface area contributed by atoms with E-state index in [1.165, 1.54) is 0 Å². The number of rotatable bonds is 4. The predicted molar refractivity (Wildman–Crippen MR) is 71.8 cm³/mol. The van der Waals surface area contributed by atoms with E-state index in [1.54, 1.807) is 36.8 Å². The van der Waals surface area contributed by atoms with Crippen molar-refractivity contribution in [3.05, 3.63) is 48.0 Å². The number of pyridine rings is 1. The van der Waals surface area contributed by atoms with Crippen LogP contribution in [0, 0.1) is 0 Å². The third-order valence-electron chi connectivity index (χ3n) is 2.47. The molecule has 1 amide bonds. The molecule has 0 aromatic carbocycles. The molecule has 2 aromatic heterocycles. The molecule has 2 rings (SSSR count). The highest BCUT2D eigenvalue weighted by Crippen LogP contribution is 2.03. The summed E-state index contributed by atoms with van der Waals surface area (Å²) >= 11 is 0. The second-order valence-electron chi connectivity index (χ2n) is 4.16. The first-order chi connectivity index (χ1) is 9.16. The quantitative estimate of drug-likeness (QED) is 0.880. The molecule has 0 aliphatic carbocycles. The summed E-state index contributed by atoms with van der Waals surface area (Å²) in [5.74, 6) is 0.475. The molecule has 0 saturated heterocycles. The van der Waals surface area contributed by atoms with Crippen molar-refractivity contribution in [2.75, 3.05) is 19.0 Å². The lowest BCUT2D eigenvalue weighted by molar-refractivity contribution is 0.0950. The highest BCUT2D eigenvalue weighted by Gasteiger charge is 2.06. The minimum absolute atomic E-state index is 0.146. The van der Waals surface area contributed by atoms with Crippen LogP contribution >= 0.6 is 0 Å². The highest BCUT2D eigenvalue weighted by atomic mass is 16.1. The van der Waals surface area contributed by atoms with Crippen LogP contribution in [-0.2, 0) is 6.54 Å². The Balaban J connectivity index is 1.99. The van der Waals surface area contributed by atoms with Gasteiger partial charge in [0.25, 0.3) is 5.91 Å². The standard InChI is InChI=1S/C13H15N5O/c1-18(2)13-15-8-5-11(17-13)9-16-12(19)10-3-6-14-7-4-10/h3-8H,9H2,1-2H3,(H,16,19). The molecule has 0 saturated carbocycles. The Bertz CT molecular complexity index is 556. The first kappa shape index (κ1) is 12.9. The molecular formula is C13H15N5O. The molecule has 0 spiro atoms. The number of hydrogen-bond donors (Lipinski definition) is 1. The summed E-state index contributed by atoms with van der Waals surface area (Å²) in [5, 5.41) is 2.81. The van der Waals surface area contributed by atoms with Crippen molar-refractivity contribution in [3.8, 4) is 0 Å². The van der Waals surface area contributed by atoms with Crippen LogP contribution in [0.1, 0.15) is 16.1 Å². The fourth-order valence-corrected chi connectivity index (χ4v) is 1.47. The third-order valence-corrected chi connectivity index (χ3v) is 2.47. The largest absolute Gasteiger partial charge is 0.347 e. The average molecular weight is 257 g/mol. The van der Waals surface area contributed by atoms with E-state index in [9.17, 15) is 4.79 Å². The van der Waals surface area contributed by atoms with Crippen LogP contribution < -0.4 is 10.2 Å². The Morgan fingerprint density at radius 2 is 1.95 bits per heavy atom. The van der Waals surface area contributed by atoms with Crippen molar-refractivity contribution in [3.63, 3.8) is 0 Å². The first-order valence-electron chi connectivity index (χ1n) is 5.84. The molecule has 6 heteroatoms. The molecule has 98 valence electrons. The van der Waals surface area contributed by atoms with E-state index in [0.29, 0.717) is 18.1 Å². The summed E-state index contributed by atoms with van der Waals surface area (Å²) in [7, 11) is 3.74. The van der Waals surface area contributed by atoms with Crippen molar-refractivity contribution in [1.82, 2.24) is 20.3 Å². The third kappa shape index (κ3) is 3.48. The van der Waals surface area contributed by atoms with E-state index in [-0.39, 0.29) is 5.91 Å². The molecule has 0 bridgehead atoms. The van der Waals surface area contributed by atoms with Crippen LogP contribution in [0.25, 0.3) is 0 Å². The normalized spacial score (nSPS) is 10.0. The van der Waals surface area contributed by atoms with Gasteiger partial charge in [0.1, 0.15) is 0 Å². The van der Waals surface area contributed by atoms with Crippen LogP contribution in [0.5, 0.6) is 0 Å². The second-order valence-corrected chi connectivity index (χ2v) is 4.16. The summed E-state index contributed by atoms with van der Waals surface area (Å²) in [6, 6.07) is 5.11. The van der Waals surface area contributed by atoms with Crippen LogP contribution in [0.15, 0.2) is 36.8 Å². The molecule has 6 nitrogen and oxygen atoms in total. The molecule has 0 unspecified atom stereocenters. The molecule has 0 aliphatic heterocycles. The zero-order valence-corrected chi connectivity index (χ0v) is 10.9. The van der Waals surface area contributed by atoms with E-state index in [2.05, 4.69) is 20.3 Å². The average Bonchev–Trinajstić information content (AvgIpc) is 2.46. The zero-order chi connectivity index (χ0) is 13.7. The van der Waals surface area contributed by atoms with Crippen LogP contribution in [0.2, 0.25) is 0 Å². The van der Waals surface area contributed by atoms with Crippen molar-refractivity contribution >= 4 is 11.9 Å². The number of carbonyl (C=O) groups excluding carboxylic acids is 1. The van der Waals surface area contributed by atoms with Gasteiger partial charge in [-0.1, -0.05) is 0 Å². The summed E-state index contributed by atoms with van der Waals surface area (Å²) in [6.07, 6.45) is 4.85. The van der Waals surface area contributed by atoms with E-state index >= 15 is 0 Å². The molecule has 2 aromatic rings. The van der Waals surface area contributed by atoms with E-state index in [0.717, 1.165) is 5.69 Å². The van der Waals surface area contributed by atoms with Gasteiger partial charge in [0.15, 0.2) is 0 Å². The number of hydrogen-bond acceptors (Lipinski definition) is 5. The number of anilines is 1. The summed E-state index contributed by atoms with van der Waals surface area (Å²) in [6.45, 7) is 0.366. The Kier molecular flexibility index (Phi) is 4.02. The minimum Gasteiger partial charge on any atom is -0.347 e. The molecule has 0 fully saturated rings. The Morgan fingerprint density at radius 1 is 1.21 bits per heavy atom.